The molecule has 2 aromatic rings. The summed E-state index contributed by atoms with van der Waals surface area (Å²) in [6, 6.07) is 13.8. The third kappa shape index (κ3) is 5.69. The summed E-state index contributed by atoms with van der Waals surface area (Å²) in [5, 5.41) is 9.52. The van der Waals surface area contributed by atoms with Crippen molar-refractivity contribution < 1.29 is 19.0 Å². The van der Waals surface area contributed by atoms with Gasteiger partial charge in [-0.3, -0.25) is 15.1 Å². The van der Waals surface area contributed by atoms with Crippen LogP contribution in [-0.4, -0.2) is 57.5 Å². The molecule has 1 aliphatic carbocycles. The van der Waals surface area contributed by atoms with E-state index in [4.69, 9.17) is 14.2 Å². The highest BCUT2D eigenvalue weighted by Crippen LogP contribution is 2.39. The molecule has 2 fully saturated rings. The summed E-state index contributed by atoms with van der Waals surface area (Å²) in [5.41, 5.74) is 3.81. The molecule has 2 aromatic carbocycles. The summed E-state index contributed by atoms with van der Waals surface area (Å²) in [5.74, 6) is 1.64. The number of aliphatic imine (C=N–C) groups is 1. The highest BCUT2D eigenvalue weighted by atomic mass is 16.6. The maximum Gasteiger partial charge on any atom is 0.257 e. The number of benzene rings is 2. The first kappa shape index (κ1) is 22.7. The molecule has 3 N–H and O–H groups in total. The van der Waals surface area contributed by atoms with Crippen molar-refractivity contribution in [2.24, 2.45) is 4.99 Å². The van der Waals surface area contributed by atoms with Crippen LogP contribution in [0.1, 0.15) is 47.5 Å². The zero-order valence-corrected chi connectivity index (χ0v) is 19.3. The molecule has 0 spiro atoms. The average molecular weight is 465 g/mol. The number of rotatable bonds is 7. The second-order valence-corrected chi connectivity index (χ2v) is 8.93. The highest BCUT2D eigenvalue weighted by molar-refractivity contribution is 6.06. The third-order valence-electron chi connectivity index (χ3n) is 6.45. The Morgan fingerprint density at radius 3 is 2.85 bits per heavy atom. The summed E-state index contributed by atoms with van der Waals surface area (Å²) in [4.78, 5) is 17.1. The zero-order chi connectivity index (χ0) is 23.2. The second-order valence-electron chi connectivity index (χ2n) is 8.93. The van der Waals surface area contributed by atoms with E-state index in [0.717, 1.165) is 36.5 Å². The first-order valence-corrected chi connectivity index (χ1v) is 12.2. The van der Waals surface area contributed by atoms with Crippen molar-refractivity contribution in [2.75, 3.05) is 44.8 Å². The first-order valence-electron chi connectivity index (χ1n) is 12.2. The van der Waals surface area contributed by atoms with Crippen molar-refractivity contribution in [2.45, 2.75) is 37.7 Å². The predicted octanol–water partition coefficient (Wildman–Crippen LogP) is 3.57. The van der Waals surface area contributed by atoms with Gasteiger partial charge in [0, 0.05) is 29.5 Å². The van der Waals surface area contributed by atoms with Gasteiger partial charge in [0.25, 0.3) is 5.91 Å². The topological polar surface area (TPSA) is 93.2 Å². The van der Waals surface area contributed by atoms with Crippen LogP contribution in [0.2, 0.25) is 0 Å². The van der Waals surface area contributed by atoms with Crippen molar-refractivity contribution >= 4 is 23.2 Å². The van der Waals surface area contributed by atoms with Gasteiger partial charge in [0.2, 0.25) is 0 Å². The van der Waals surface area contributed by atoms with E-state index >= 15 is 0 Å². The number of carbonyl (C=O) groups is 1. The number of hydrogen-bond acceptors (Lipinski definition) is 7. The summed E-state index contributed by atoms with van der Waals surface area (Å²) in [6.45, 7) is 3.72. The number of anilines is 2. The van der Waals surface area contributed by atoms with Gasteiger partial charge in [-0.25, -0.2) is 0 Å². The highest BCUT2D eigenvalue weighted by Gasteiger charge is 2.22. The first-order chi connectivity index (χ1) is 16.7. The fraction of sp³-hybridized carbons (Fsp3) is 0.462. The molecule has 1 amide bonds. The Bertz CT molecular complexity index is 1030. The second kappa shape index (κ2) is 10.9. The lowest BCUT2D eigenvalue weighted by atomic mass is 9.93. The molecule has 5 rings (SSSR count). The van der Waals surface area contributed by atoms with Crippen LogP contribution in [0.5, 0.6) is 5.75 Å². The Labute approximate surface area is 200 Å². The molecule has 2 heterocycles. The molecule has 180 valence electrons. The number of nitrogens with zero attached hydrogens (tertiary/aromatic N) is 1. The molecule has 34 heavy (non-hydrogen) atoms. The molecular weight excluding hydrogens is 432 g/mol. The Morgan fingerprint density at radius 2 is 2.06 bits per heavy atom. The van der Waals surface area contributed by atoms with Crippen LogP contribution < -0.4 is 20.7 Å². The van der Waals surface area contributed by atoms with Crippen LogP contribution in [-0.2, 0) is 9.47 Å². The molecule has 0 bridgehead atoms. The summed E-state index contributed by atoms with van der Waals surface area (Å²) in [7, 11) is 0. The molecule has 8 heteroatoms. The molecule has 1 unspecified atom stereocenters. The summed E-state index contributed by atoms with van der Waals surface area (Å²) < 4.78 is 17.1. The molecule has 1 atom stereocenters. The maximum atomic E-state index is 12.8. The minimum Gasteiger partial charge on any atom is -0.491 e. The van der Waals surface area contributed by atoms with Gasteiger partial charge in [-0.2, -0.15) is 0 Å². The fourth-order valence-corrected chi connectivity index (χ4v) is 4.69. The molecule has 0 radical (unpaired) electrons. The zero-order valence-electron chi connectivity index (χ0n) is 19.3. The van der Waals surface area contributed by atoms with Crippen LogP contribution in [0, 0.1) is 0 Å². The van der Waals surface area contributed by atoms with E-state index in [1.54, 1.807) is 0 Å². The number of hydrogen-bond donors (Lipinski definition) is 3. The predicted molar refractivity (Wildman–Crippen MR) is 131 cm³/mol. The minimum absolute atomic E-state index is 0.0385. The van der Waals surface area contributed by atoms with Gasteiger partial charge in [-0.1, -0.05) is 18.9 Å². The van der Waals surface area contributed by atoms with Gasteiger partial charge in [0.1, 0.15) is 18.5 Å². The van der Waals surface area contributed by atoms with Crippen LogP contribution in [0.25, 0.3) is 0 Å². The molecule has 1 saturated carbocycles. The van der Waals surface area contributed by atoms with Crippen LogP contribution >= 0.6 is 0 Å². The van der Waals surface area contributed by atoms with Crippen LogP contribution in [0.3, 0.4) is 0 Å². The van der Waals surface area contributed by atoms with Crippen molar-refractivity contribution in [1.82, 2.24) is 10.6 Å². The van der Waals surface area contributed by atoms with E-state index in [0.29, 0.717) is 50.4 Å². The SMILES string of the molecule is O=C(NC1=NCCN1)c1ccc(Nc2cccc(OCC3COCCO3)c2)c(C2CCCC2)c1. The van der Waals surface area contributed by atoms with Gasteiger partial charge in [-0.15, -0.1) is 0 Å². The molecule has 8 nitrogen and oxygen atoms in total. The molecule has 0 aromatic heterocycles. The number of guanidine groups is 1. The van der Waals surface area contributed by atoms with Crippen molar-refractivity contribution in [1.29, 1.82) is 0 Å². The lowest BCUT2D eigenvalue weighted by Gasteiger charge is -2.23. The van der Waals surface area contributed by atoms with E-state index in [1.165, 1.54) is 18.4 Å². The van der Waals surface area contributed by atoms with Crippen molar-refractivity contribution in [3.63, 3.8) is 0 Å². The van der Waals surface area contributed by atoms with Gasteiger partial charge in [0.15, 0.2) is 5.96 Å². The Morgan fingerprint density at radius 1 is 1.15 bits per heavy atom. The Balaban J connectivity index is 1.30. The van der Waals surface area contributed by atoms with E-state index in [1.807, 2.05) is 42.5 Å². The average Bonchev–Trinajstić information content (AvgIpc) is 3.59. The molecule has 2 aliphatic heterocycles. The fourth-order valence-electron chi connectivity index (χ4n) is 4.69. The van der Waals surface area contributed by atoms with E-state index in [-0.39, 0.29) is 12.0 Å². The van der Waals surface area contributed by atoms with Crippen molar-refractivity contribution in [3.05, 3.63) is 53.6 Å². The Hall–Kier alpha value is -3.10. The Kier molecular flexibility index (Phi) is 7.26. The number of ether oxygens (including phenoxy) is 3. The van der Waals surface area contributed by atoms with Gasteiger partial charge >= 0.3 is 0 Å². The normalized spacial score (nSPS) is 20.5. The molecular formula is C26H32N4O4. The summed E-state index contributed by atoms with van der Waals surface area (Å²) in [6.07, 6.45) is 4.68. The van der Waals surface area contributed by atoms with E-state index in [2.05, 4.69) is 20.9 Å². The standard InChI is InChI=1S/C26H32N4O4/c31-25(30-26-27-10-11-28-26)19-8-9-24(23(14-19)18-4-1-2-5-18)29-20-6-3-7-21(15-20)34-17-22-16-32-12-13-33-22/h3,6-9,14-15,18,22,29H,1-2,4-5,10-13,16-17H2,(H2,27,28,30,31). The largest absolute Gasteiger partial charge is 0.491 e. The van der Waals surface area contributed by atoms with Crippen LogP contribution in [0.15, 0.2) is 47.5 Å². The van der Waals surface area contributed by atoms with Gasteiger partial charge in [0.05, 0.1) is 26.4 Å². The lowest BCUT2D eigenvalue weighted by Crippen LogP contribution is -2.38. The quantitative estimate of drug-likeness (QED) is 0.580. The maximum absolute atomic E-state index is 12.8. The molecule has 1 saturated heterocycles. The monoisotopic (exact) mass is 464 g/mol. The minimum atomic E-state index is -0.136. The van der Waals surface area contributed by atoms with Gasteiger partial charge in [-0.05, 0) is 54.7 Å². The van der Waals surface area contributed by atoms with E-state index < -0.39 is 0 Å². The van der Waals surface area contributed by atoms with Gasteiger partial charge < -0.3 is 24.8 Å². The van der Waals surface area contributed by atoms with Crippen LogP contribution in [0.4, 0.5) is 11.4 Å². The number of carbonyl (C=O) groups excluding carboxylic acids is 1. The number of amides is 1. The van der Waals surface area contributed by atoms with E-state index in [9.17, 15) is 4.79 Å². The third-order valence-corrected chi connectivity index (χ3v) is 6.45. The summed E-state index contributed by atoms with van der Waals surface area (Å²) >= 11 is 0. The number of nitrogens with one attached hydrogen (secondary N) is 3. The smallest absolute Gasteiger partial charge is 0.257 e. The molecule has 3 aliphatic rings. The van der Waals surface area contributed by atoms with Crippen molar-refractivity contribution in [3.8, 4) is 5.75 Å². The lowest BCUT2D eigenvalue weighted by molar-refractivity contribution is -0.101.